The van der Waals surface area contributed by atoms with Crippen LogP contribution >= 0.6 is 0 Å². The Hall–Kier alpha value is -1.68. The molecule has 1 N–H and O–H groups in total. The second-order valence-electron chi connectivity index (χ2n) is 6.15. The van der Waals surface area contributed by atoms with Crippen molar-refractivity contribution in [1.82, 2.24) is 4.90 Å². The average molecular weight is 273 g/mol. The van der Waals surface area contributed by atoms with E-state index in [2.05, 4.69) is 6.92 Å². The summed E-state index contributed by atoms with van der Waals surface area (Å²) in [6.07, 6.45) is 3.20. The Kier molecular flexibility index (Phi) is 3.13. The van der Waals surface area contributed by atoms with Crippen LogP contribution in [0.25, 0.3) is 0 Å². The van der Waals surface area contributed by atoms with Crippen molar-refractivity contribution in [3.05, 3.63) is 35.4 Å². The first-order valence-electron chi connectivity index (χ1n) is 7.18. The van der Waals surface area contributed by atoms with Crippen LogP contribution in [0.3, 0.4) is 0 Å². The number of rotatable bonds is 2. The molecule has 0 saturated heterocycles. The molecule has 1 aliphatic carbocycles. The summed E-state index contributed by atoms with van der Waals surface area (Å²) in [6, 6.07) is 6.85. The molecule has 1 aliphatic heterocycles. The first-order chi connectivity index (χ1) is 9.50. The Balaban J connectivity index is 1.80. The lowest BCUT2D eigenvalue weighted by atomic mass is 9.79. The zero-order valence-corrected chi connectivity index (χ0v) is 11.6. The van der Waals surface area contributed by atoms with Crippen molar-refractivity contribution in [1.29, 1.82) is 0 Å². The molecule has 1 saturated carbocycles. The number of fused-ring (bicyclic) bond motifs is 1. The molecular formula is C16H19NO3. The zero-order chi connectivity index (χ0) is 14.3. The summed E-state index contributed by atoms with van der Waals surface area (Å²) < 4.78 is 0. The highest BCUT2D eigenvalue weighted by molar-refractivity contribution is 6.21. The van der Waals surface area contributed by atoms with E-state index >= 15 is 0 Å². The van der Waals surface area contributed by atoms with Crippen molar-refractivity contribution in [3.63, 3.8) is 0 Å². The van der Waals surface area contributed by atoms with Crippen molar-refractivity contribution in [3.8, 4) is 0 Å². The number of aliphatic hydroxyl groups is 1. The van der Waals surface area contributed by atoms with Gasteiger partial charge >= 0.3 is 0 Å². The molecule has 4 nitrogen and oxygen atoms in total. The summed E-state index contributed by atoms with van der Waals surface area (Å²) in [4.78, 5) is 25.8. The average Bonchev–Trinajstić information content (AvgIpc) is 2.68. The summed E-state index contributed by atoms with van der Waals surface area (Å²) in [5, 5.41) is 10.6. The number of β-amino-alcohol motifs (C(OH)–C–C–N with tert-alkyl or cyclic N) is 1. The number of carbonyl (C=O) groups excluding carboxylic acids is 2. The highest BCUT2D eigenvalue weighted by atomic mass is 16.3. The number of hydrogen-bond acceptors (Lipinski definition) is 3. The van der Waals surface area contributed by atoms with Gasteiger partial charge in [-0.15, -0.1) is 0 Å². The van der Waals surface area contributed by atoms with E-state index in [-0.39, 0.29) is 18.4 Å². The quantitative estimate of drug-likeness (QED) is 0.841. The summed E-state index contributed by atoms with van der Waals surface area (Å²) in [5.74, 6) is 0.0488. The van der Waals surface area contributed by atoms with Crippen molar-refractivity contribution in [2.24, 2.45) is 5.92 Å². The minimum atomic E-state index is -0.917. The molecule has 0 aromatic heterocycles. The number of benzene rings is 1. The standard InChI is InChI=1S/C16H19NO3/c1-11-6-8-16(20,9-7-11)10-17-14(18)12-4-2-3-5-13(12)15(17)19/h2-5,11,20H,6-10H2,1H3. The fourth-order valence-electron chi connectivity index (χ4n) is 3.13. The van der Waals surface area contributed by atoms with Gasteiger partial charge in [0.15, 0.2) is 0 Å². The molecule has 0 radical (unpaired) electrons. The number of amides is 2. The Morgan fingerprint density at radius 1 is 1.15 bits per heavy atom. The second kappa shape index (κ2) is 4.70. The van der Waals surface area contributed by atoms with E-state index in [9.17, 15) is 14.7 Å². The molecule has 1 fully saturated rings. The van der Waals surface area contributed by atoms with Gasteiger partial charge in [-0.25, -0.2) is 0 Å². The molecule has 0 unspecified atom stereocenters. The molecule has 106 valence electrons. The van der Waals surface area contributed by atoms with Crippen molar-refractivity contribution >= 4 is 11.8 Å². The summed E-state index contributed by atoms with van der Waals surface area (Å²) in [7, 11) is 0. The van der Waals surface area contributed by atoms with Crippen molar-refractivity contribution in [2.45, 2.75) is 38.2 Å². The molecule has 0 bridgehead atoms. The zero-order valence-electron chi connectivity index (χ0n) is 11.6. The summed E-state index contributed by atoms with van der Waals surface area (Å²) in [5.41, 5.74) is -0.0181. The van der Waals surface area contributed by atoms with E-state index in [0.29, 0.717) is 29.9 Å². The van der Waals surface area contributed by atoms with Crippen LogP contribution in [0.4, 0.5) is 0 Å². The molecule has 0 spiro atoms. The Morgan fingerprint density at radius 3 is 2.15 bits per heavy atom. The third kappa shape index (κ3) is 2.14. The van der Waals surface area contributed by atoms with Gasteiger partial charge in [-0.1, -0.05) is 19.1 Å². The Morgan fingerprint density at radius 2 is 1.65 bits per heavy atom. The van der Waals surface area contributed by atoms with Gasteiger partial charge in [0, 0.05) is 0 Å². The van der Waals surface area contributed by atoms with Crippen LogP contribution in [-0.2, 0) is 0 Å². The van der Waals surface area contributed by atoms with Crippen LogP contribution in [0, 0.1) is 5.92 Å². The minimum absolute atomic E-state index is 0.117. The number of imide groups is 1. The molecule has 1 aromatic rings. The monoisotopic (exact) mass is 273 g/mol. The highest BCUT2D eigenvalue weighted by Gasteiger charge is 2.41. The SMILES string of the molecule is CC1CCC(O)(CN2C(=O)c3ccccc3C2=O)CC1. The highest BCUT2D eigenvalue weighted by Crippen LogP contribution is 2.34. The van der Waals surface area contributed by atoms with E-state index in [0.717, 1.165) is 12.8 Å². The summed E-state index contributed by atoms with van der Waals surface area (Å²) >= 11 is 0. The minimum Gasteiger partial charge on any atom is -0.388 e. The van der Waals surface area contributed by atoms with Gasteiger partial charge in [0.25, 0.3) is 11.8 Å². The number of carbonyl (C=O) groups is 2. The smallest absolute Gasteiger partial charge is 0.261 e. The third-order valence-corrected chi connectivity index (χ3v) is 4.54. The topological polar surface area (TPSA) is 57.6 Å². The normalized spacial score (nSPS) is 29.7. The number of nitrogens with zero attached hydrogens (tertiary/aromatic N) is 1. The largest absolute Gasteiger partial charge is 0.388 e. The van der Waals surface area contributed by atoms with Gasteiger partial charge < -0.3 is 5.11 Å². The first-order valence-corrected chi connectivity index (χ1v) is 7.18. The van der Waals surface area contributed by atoms with Crippen molar-refractivity contribution < 1.29 is 14.7 Å². The maximum Gasteiger partial charge on any atom is 0.261 e. The van der Waals surface area contributed by atoms with Gasteiger partial charge in [0.2, 0.25) is 0 Å². The first kappa shape index (κ1) is 13.3. The molecule has 0 atom stereocenters. The molecule has 20 heavy (non-hydrogen) atoms. The van der Waals surface area contributed by atoms with E-state index in [1.807, 2.05) is 0 Å². The molecule has 4 heteroatoms. The van der Waals surface area contributed by atoms with Crippen LogP contribution in [0.5, 0.6) is 0 Å². The van der Waals surface area contributed by atoms with Crippen molar-refractivity contribution in [2.75, 3.05) is 6.54 Å². The van der Waals surface area contributed by atoms with Crippen LogP contribution < -0.4 is 0 Å². The molecule has 3 rings (SSSR count). The van der Waals surface area contributed by atoms with E-state index in [4.69, 9.17) is 0 Å². The van der Waals surface area contributed by atoms with Crippen LogP contribution in [-0.4, -0.2) is 34.0 Å². The lowest BCUT2D eigenvalue weighted by Crippen LogP contribution is -2.47. The summed E-state index contributed by atoms with van der Waals surface area (Å²) in [6.45, 7) is 2.29. The van der Waals surface area contributed by atoms with Gasteiger partial charge in [-0.3, -0.25) is 14.5 Å². The predicted octanol–water partition coefficient (Wildman–Crippen LogP) is 2.22. The maximum absolute atomic E-state index is 12.3. The van der Waals surface area contributed by atoms with Gasteiger partial charge in [-0.2, -0.15) is 0 Å². The Labute approximate surface area is 118 Å². The molecule has 2 aliphatic rings. The van der Waals surface area contributed by atoms with Gasteiger partial charge in [-0.05, 0) is 43.7 Å². The lowest BCUT2D eigenvalue weighted by molar-refractivity contribution is -0.0261. The van der Waals surface area contributed by atoms with Gasteiger partial charge in [0.1, 0.15) is 0 Å². The third-order valence-electron chi connectivity index (χ3n) is 4.54. The Bertz CT molecular complexity index is 524. The molecular weight excluding hydrogens is 254 g/mol. The fourth-order valence-corrected chi connectivity index (χ4v) is 3.13. The van der Waals surface area contributed by atoms with E-state index in [1.165, 1.54) is 4.90 Å². The van der Waals surface area contributed by atoms with E-state index < -0.39 is 5.60 Å². The molecule has 1 heterocycles. The maximum atomic E-state index is 12.3. The second-order valence-corrected chi connectivity index (χ2v) is 6.15. The fraction of sp³-hybridized carbons (Fsp3) is 0.500. The van der Waals surface area contributed by atoms with E-state index in [1.54, 1.807) is 24.3 Å². The number of hydrogen-bond donors (Lipinski definition) is 1. The van der Waals surface area contributed by atoms with Crippen LogP contribution in [0.2, 0.25) is 0 Å². The molecule has 2 amide bonds. The predicted molar refractivity (Wildman–Crippen MR) is 74.4 cm³/mol. The molecule has 1 aromatic carbocycles. The van der Waals surface area contributed by atoms with Gasteiger partial charge in [0.05, 0.1) is 23.3 Å². The lowest BCUT2D eigenvalue weighted by Gasteiger charge is -2.37. The van der Waals surface area contributed by atoms with Crippen LogP contribution in [0.15, 0.2) is 24.3 Å². The van der Waals surface area contributed by atoms with Crippen LogP contribution in [0.1, 0.15) is 53.3 Å².